The average Bonchev–Trinajstić information content (AvgIpc) is 2.42. The Labute approximate surface area is 114 Å². The van der Waals surface area contributed by atoms with Gasteiger partial charge in [0.05, 0.1) is 0 Å². The first-order valence-corrected chi connectivity index (χ1v) is 6.67. The number of amides is 1. The Hall–Kier alpha value is -1.87. The Bertz CT molecular complexity index is 563. The van der Waals surface area contributed by atoms with Crippen LogP contribution in [0.2, 0.25) is 0 Å². The summed E-state index contributed by atoms with van der Waals surface area (Å²) in [4.78, 5) is 12.0. The number of fused-ring (bicyclic) bond motifs is 1. The molecule has 0 radical (unpaired) electrons. The number of hydrogen-bond donors (Lipinski definition) is 2. The fourth-order valence-electron chi connectivity index (χ4n) is 1.97. The minimum absolute atomic E-state index is 0.0173. The van der Waals surface area contributed by atoms with Crippen LogP contribution in [0.5, 0.6) is 0 Å². The molecule has 2 rings (SSSR count). The van der Waals surface area contributed by atoms with Crippen LogP contribution in [-0.2, 0) is 0 Å². The smallest absolute Gasteiger partial charge is 0.251 e. The van der Waals surface area contributed by atoms with Crippen molar-refractivity contribution in [2.75, 3.05) is 13.1 Å². The highest BCUT2D eigenvalue weighted by atomic mass is 16.1. The first-order valence-electron chi connectivity index (χ1n) is 6.67. The van der Waals surface area contributed by atoms with Crippen molar-refractivity contribution in [3.63, 3.8) is 0 Å². The van der Waals surface area contributed by atoms with Gasteiger partial charge >= 0.3 is 0 Å². The first kappa shape index (κ1) is 13.6. The molecule has 0 aliphatic rings. The Morgan fingerprint density at radius 1 is 1.05 bits per heavy atom. The van der Waals surface area contributed by atoms with E-state index in [2.05, 4.69) is 24.5 Å². The van der Waals surface area contributed by atoms with Gasteiger partial charge in [0.2, 0.25) is 0 Å². The van der Waals surface area contributed by atoms with Gasteiger partial charge in [-0.25, -0.2) is 0 Å². The van der Waals surface area contributed by atoms with Crippen LogP contribution in [0.15, 0.2) is 42.5 Å². The third-order valence-electron chi connectivity index (χ3n) is 2.97. The van der Waals surface area contributed by atoms with Gasteiger partial charge in [-0.15, -0.1) is 0 Å². The summed E-state index contributed by atoms with van der Waals surface area (Å²) in [6.45, 7) is 5.61. The molecule has 19 heavy (non-hydrogen) atoms. The number of benzene rings is 2. The largest absolute Gasteiger partial charge is 0.351 e. The highest BCUT2D eigenvalue weighted by molar-refractivity contribution is 5.98. The fourth-order valence-corrected chi connectivity index (χ4v) is 1.97. The standard InChI is InChI=1S/C16H20N2O/c1-12(2)17-9-10-18-16(19)15-8-7-13-5-3-4-6-14(13)11-15/h3-8,11-12,17H,9-10H2,1-2H3,(H,18,19). The molecular formula is C16H20N2O. The summed E-state index contributed by atoms with van der Waals surface area (Å²) in [7, 11) is 0. The molecule has 0 atom stereocenters. The van der Waals surface area contributed by atoms with Crippen LogP contribution >= 0.6 is 0 Å². The molecule has 0 aromatic heterocycles. The van der Waals surface area contributed by atoms with Gasteiger partial charge < -0.3 is 10.6 Å². The summed E-state index contributed by atoms with van der Waals surface area (Å²) in [5, 5.41) is 8.43. The fraction of sp³-hybridized carbons (Fsp3) is 0.312. The van der Waals surface area contributed by atoms with Crippen molar-refractivity contribution in [3.05, 3.63) is 48.0 Å². The predicted octanol–water partition coefficient (Wildman–Crippen LogP) is 2.57. The van der Waals surface area contributed by atoms with Crippen molar-refractivity contribution in [1.29, 1.82) is 0 Å². The predicted molar refractivity (Wildman–Crippen MR) is 79.4 cm³/mol. The lowest BCUT2D eigenvalue weighted by Crippen LogP contribution is -2.34. The lowest BCUT2D eigenvalue weighted by Gasteiger charge is -2.09. The summed E-state index contributed by atoms with van der Waals surface area (Å²) >= 11 is 0. The van der Waals surface area contributed by atoms with Gasteiger partial charge in [0.25, 0.3) is 5.91 Å². The minimum Gasteiger partial charge on any atom is -0.351 e. The molecule has 0 fully saturated rings. The Kier molecular flexibility index (Phi) is 4.53. The molecule has 1 amide bonds. The second-order valence-corrected chi connectivity index (χ2v) is 4.93. The topological polar surface area (TPSA) is 41.1 Å². The van der Waals surface area contributed by atoms with Crippen molar-refractivity contribution >= 4 is 16.7 Å². The molecule has 2 aromatic rings. The average molecular weight is 256 g/mol. The third kappa shape index (κ3) is 3.80. The van der Waals surface area contributed by atoms with Crippen molar-refractivity contribution in [2.24, 2.45) is 0 Å². The molecule has 0 bridgehead atoms. The van der Waals surface area contributed by atoms with Crippen LogP contribution < -0.4 is 10.6 Å². The molecule has 2 N–H and O–H groups in total. The number of rotatable bonds is 5. The van der Waals surface area contributed by atoms with Crippen LogP contribution in [-0.4, -0.2) is 25.0 Å². The zero-order chi connectivity index (χ0) is 13.7. The lowest BCUT2D eigenvalue weighted by atomic mass is 10.1. The van der Waals surface area contributed by atoms with E-state index in [1.54, 1.807) is 0 Å². The van der Waals surface area contributed by atoms with Gasteiger partial charge in [0.15, 0.2) is 0 Å². The molecule has 3 nitrogen and oxygen atoms in total. The first-order chi connectivity index (χ1) is 9.16. The van der Waals surface area contributed by atoms with E-state index in [9.17, 15) is 4.79 Å². The summed E-state index contributed by atoms with van der Waals surface area (Å²) in [5.74, 6) is -0.0173. The molecule has 0 spiro atoms. The summed E-state index contributed by atoms with van der Waals surface area (Å²) in [5.41, 5.74) is 0.711. The molecule has 100 valence electrons. The maximum absolute atomic E-state index is 12.0. The van der Waals surface area contributed by atoms with E-state index in [-0.39, 0.29) is 5.91 Å². The normalized spacial score (nSPS) is 10.9. The second kappa shape index (κ2) is 6.34. The number of carbonyl (C=O) groups excluding carboxylic acids is 1. The van der Waals surface area contributed by atoms with E-state index in [0.29, 0.717) is 18.2 Å². The lowest BCUT2D eigenvalue weighted by molar-refractivity contribution is 0.0954. The molecule has 3 heteroatoms. The molecule has 0 aliphatic heterocycles. The molecule has 0 aliphatic carbocycles. The van der Waals surface area contributed by atoms with E-state index >= 15 is 0 Å². The summed E-state index contributed by atoms with van der Waals surface area (Å²) < 4.78 is 0. The van der Waals surface area contributed by atoms with Crippen molar-refractivity contribution < 1.29 is 4.79 Å². The zero-order valence-electron chi connectivity index (χ0n) is 11.4. The molecule has 2 aromatic carbocycles. The van der Waals surface area contributed by atoms with Gasteiger partial charge in [0, 0.05) is 24.7 Å². The monoisotopic (exact) mass is 256 g/mol. The van der Waals surface area contributed by atoms with Gasteiger partial charge in [-0.1, -0.05) is 44.2 Å². The molecular weight excluding hydrogens is 236 g/mol. The van der Waals surface area contributed by atoms with E-state index in [1.807, 2.05) is 42.5 Å². The maximum atomic E-state index is 12.0. The zero-order valence-corrected chi connectivity index (χ0v) is 11.4. The number of nitrogens with one attached hydrogen (secondary N) is 2. The van der Waals surface area contributed by atoms with Crippen molar-refractivity contribution in [2.45, 2.75) is 19.9 Å². The summed E-state index contributed by atoms with van der Waals surface area (Å²) in [6.07, 6.45) is 0. The van der Waals surface area contributed by atoms with Gasteiger partial charge in [-0.2, -0.15) is 0 Å². The van der Waals surface area contributed by atoms with Crippen molar-refractivity contribution in [1.82, 2.24) is 10.6 Å². The minimum atomic E-state index is -0.0173. The Balaban J connectivity index is 1.97. The Morgan fingerprint density at radius 3 is 2.53 bits per heavy atom. The molecule has 0 unspecified atom stereocenters. The van der Waals surface area contributed by atoms with Crippen LogP contribution in [0, 0.1) is 0 Å². The van der Waals surface area contributed by atoms with E-state index < -0.39 is 0 Å². The van der Waals surface area contributed by atoms with Gasteiger partial charge in [-0.05, 0) is 22.9 Å². The van der Waals surface area contributed by atoms with Crippen LogP contribution in [0.1, 0.15) is 24.2 Å². The Morgan fingerprint density at radius 2 is 1.79 bits per heavy atom. The number of carbonyl (C=O) groups is 1. The van der Waals surface area contributed by atoms with E-state index in [0.717, 1.165) is 17.3 Å². The van der Waals surface area contributed by atoms with Crippen LogP contribution in [0.3, 0.4) is 0 Å². The van der Waals surface area contributed by atoms with E-state index in [4.69, 9.17) is 0 Å². The number of hydrogen-bond acceptors (Lipinski definition) is 2. The molecule has 0 heterocycles. The maximum Gasteiger partial charge on any atom is 0.251 e. The molecule has 0 saturated heterocycles. The van der Waals surface area contributed by atoms with Crippen molar-refractivity contribution in [3.8, 4) is 0 Å². The second-order valence-electron chi connectivity index (χ2n) is 4.93. The van der Waals surface area contributed by atoms with Crippen LogP contribution in [0.25, 0.3) is 10.8 Å². The quantitative estimate of drug-likeness (QED) is 0.807. The van der Waals surface area contributed by atoms with E-state index in [1.165, 1.54) is 0 Å². The highest BCUT2D eigenvalue weighted by Crippen LogP contribution is 2.15. The van der Waals surface area contributed by atoms with Gasteiger partial charge in [0.1, 0.15) is 0 Å². The van der Waals surface area contributed by atoms with Gasteiger partial charge in [-0.3, -0.25) is 4.79 Å². The highest BCUT2D eigenvalue weighted by Gasteiger charge is 2.05. The van der Waals surface area contributed by atoms with Crippen LogP contribution in [0.4, 0.5) is 0 Å². The SMILES string of the molecule is CC(C)NCCNC(=O)c1ccc2ccccc2c1. The third-order valence-corrected chi connectivity index (χ3v) is 2.97. The summed E-state index contributed by atoms with van der Waals surface area (Å²) in [6, 6.07) is 14.3. The molecule has 0 saturated carbocycles.